The summed E-state index contributed by atoms with van der Waals surface area (Å²) in [5.74, 6) is -2.77. The molecule has 0 unspecified atom stereocenters. The number of rotatable bonds is 9. The van der Waals surface area contributed by atoms with Gasteiger partial charge in [0.2, 0.25) is 6.23 Å². The van der Waals surface area contributed by atoms with E-state index in [0.29, 0.717) is 6.42 Å². The van der Waals surface area contributed by atoms with Crippen molar-refractivity contribution in [3.05, 3.63) is 22.7 Å². The Hall–Kier alpha value is -1.01. The summed E-state index contributed by atoms with van der Waals surface area (Å²) in [5.41, 5.74) is 3.81. The minimum Gasteiger partial charge on any atom is -0.414 e. The molecule has 2 heterocycles. The van der Waals surface area contributed by atoms with Crippen LogP contribution in [0.1, 0.15) is 47.3 Å². The summed E-state index contributed by atoms with van der Waals surface area (Å²) in [6, 6.07) is 1.29. The number of anilines is 1. The van der Waals surface area contributed by atoms with Crippen molar-refractivity contribution >= 4 is 25.9 Å². The Morgan fingerprint density at radius 1 is 1.31 bits per heavy atom. The molecule has 1 aromatic heterocycles. The molecule has 3 atom stereocenters. The molecule has 2 rings (SSSR count). The summed E-state index contributed by atoms with van der Waals surface area (Å²) in [5, 5.41) is -0.0979. The Bertz CT molecular complexity index is 845. The second-order valence-corrected chi connectivity index (χ2v) is 16.2. The van der Waals surface area contributed by atoms with Gasteiger partial charge in [-0.05, 0) is 56.5 Å². The Balaban J connectivity index is 2.38. The Labute approximate surface area is 194 Å². The van der Waals surface area contributed by atoms with E-state index in [0.717, 1.165) is 10.3 Å². The van der Waals surface area contributed by atoms with Crippen molar-refractivity contribution in [3.63, 3.8) is 0 Å². The van der Waals surface area contributed by atoms with Gasteiger partial charge >= 0.3 is 11.6 Å². The molecule has 7 nitrogen and oxygen atoms in total. The maximum atomic E-state index is 15.7. The van der Waals surface area contributed by atoms with Crippen molar-refractivity contribution in [3.8, 4) is 0 Å². The molecule has 0 saturated carbocycles. The molecule has 0 radical (unpaired) electrons. The standard InChI is InChI=1S/C21H37F2N3O4SSi/c1-19(2,3)32(7,8)28-13-14-16(30-20(4,5)10-12-31-6)21(22,23)17(29-14)26-11-9-15(24)25-18(26)27/h9,11,14,16-17H,10,12-13H2,1-8H3,(H2,24,25,27)/t14-,16-,17-/m1/s1. The van der Waals surface area contributed by atoms with Crippen LogP contribution in [-0.4, -0.2) is 60.2 Å². The zero-order valence-corrected chi connectivity index (χ0v) is 22.1. The molecule has 32 heavy (non-hydrogen) atoms. The van der Waals surface area contributed by atoms with Gasteiger partial charge in [-0.1, -0.05) is 20.8 Å². The minimum absolute atomic E-state index is 0.0450. The highest BCUT2D eigenvalue weighted by Crippen LogP contribution is 2.46. The molecule has 1 aromatic rings. The van der Waals surface area contributed by atoms with Gasteiger partial charge in [0.1, 0.15) is 11.9 Å². The van der Waals surface area contributed by atoms with Gasteiger partial charge in [0, 0.05) is 6.20 Å². The van der Waals surface area contributed by atoms with Gasteiger partial charge in [0.25, 0.3) is 0 Å². The number of thioether (sulfide) groups is 1. The minimum atomic E-state index is -3.49. The predicted molar refractivity (Wildman–Crippen MR) is 127 cm³/mol. The molecule has 1 fully saturated rings. The highest BCUT2D eigenvalue weighted by Gasteiger charge is 2.62. The predicted octanol–water partition coefficient (Wildman–Crippen LogP) is 4.30. The number of halogens is 2. The number of ether oxygens (including phenoxy) is 2. The van der Waals surface area contributed by atoms with Crippen LogP contribution in [-0.2, 0) is 13.9 Å². The zero-order valence-electron chi connectivity index (χ0n) is 20.3. The van der Waals surface area contributed by atoms with Crippen LogP contribution in [0.3, 0.4) is 0 Å². The summed E-state index contributed by atoms with van der Waals surface area (Å²) in [6.45, 7) is 13.8. The quantitative estimate of drug-likeness (QED) is 0.513. The molecule has 0 aromatic carbocycles. The van der Waals surface area contributed by atoms with Gasteiger partial charge in [-0.15, -0.1) is 0 Å². The van der Waals surface area contributed by atoms with E-state index in [1.807, 2.05) is 19.3 Å². The lowest BCUT2D eigenvalue weighted by Gasteiger charge is -2.38. The molecule has 0 bridgehead atoms. The SMILES string of the molecule is CSCCC(C)(C)O[C@@H]1[C@@H](CO[Si](C)(C)C(C)(C)C)O[C@@H](n2ccc(N)nc2=O)C1(F)F. The number of hydrogen-bond acceptors (Lipinski definition) is 7. The molecular formula is C21H37F2N3O4SSi. The average Bonchev–Trinajstić information content (AvgIpc) is 2.88. The van der Waals surface area contributed by atoms with Gasteiger partial charge in [-0.3, -0.25) is 4.57 Å². The summed E-state index contributed by atoms with van der Waals surface area (Å²) in [4.78, 5) is 15.9. The van der Waals surface area contributed by atoms with E-state index in [2.05, 4.69) is 25.8 Å². The monoisotopic (exact) mass is 493 g/mol. The zero-order chi connectivity index (χ0) is 24.5. The number of nitrogens with zero attached hydrogens (tertiary/aromatic N) is 2. The summed E-state index contributed by atoms with van der Waals surface area (Å²) >= 11 is 1.62. The van der Waals surface area contributed by atoms with E-state index in [9.17, 15) is 4.79 Å². The Morgan fingerprint density at radius 3 is 2.47 bits per heavy atom. The highest BCUT2D eigenvalue weighted by molar-refractivity contribution is 7.98. The summed E-state index contributed by atoms with van der Waals surface area (Å²) in [6.07, 6.45) is -0.783. The third-order valence-electron chi connectivity index (χ3n) is 6.22. The number of hydrogen-bond donors (Lipinski definition) is 1. The fraction of sp³-hybridized carbons (Fsp3) is 0.810. The Kier molecular flexibility index (Phi) is 8.25. The van der Waals surface area contributed by atoms with E-state index in [1.54, 1.807) is 25.6 Å². The van der Waals surface area contributed by atoms with Gasteiger partial charge < -0.3 is 19.6 Å². The largest absolute Gasteiger partial charge is 0.414 e. The molecule has 0 spiro atoms. The first kappa shape index (κ1) is 27.2. The summed E-state index contributed by atoms with van der Waals surface area (Å²) in [7, 11) is -2.23. The van der Waals surface area contributed by atoms with Crippen LogP contribution < -0.4 is 11.4 Å². The van der Waals surface area contributed by atoms with E-state index >= 15 is 8.78 Å². The first-order chi connectivity index (χ1) is 14.5. The van der Waals surface area contributed by atoms with Crippen LogP contribution in [0.4, 0.5) is 14.6 Å². The first-order valence-corrected chi connectivity index (χ1v) is 15.0. The van der Waals surface area contributed by atoms with Gasteiger partial charge in [0.15, 0.2) is 14.4 Å². The van der Waals surface area contributed by atoms with E-state index in [4.69, 9.17) is 19.6 Å². The molecule has 1 aliphatic heterocycles. The number of alkyl halides is 2. The van der Waals surface area contributed by atoms with Crippen molar-refractivity contribution in [2.24, 2.45) is 0 Å². The van der Waals surface area contributed by atoms with E-state index < -0.39 is 44.0 Å². The van der Waals surface area contributed by atoms with Crippen molar-refractivity contribution in [2.75, 3.05) is 24.3 Å². The average molecular weight is 494 g/mol. The number of nitrogens with two attached hydrogens (primary N) is 1. The van der Waals surface area contributed by atoms with Gasteiger partial charge in [0.05, 0.1) is 12.2 Å². The van der Waals surface area contributed by atoms with Crippen LogP contribution in [0.25, 0.3) is 0 Å². The lowest BCUT2D eigenvalue weighted by atomic mass is 10.0. The maximum absolute atomic E-state index is 15.7. The molecule has 184 valence electrons. The Morgan fingerprint density at radius 2 is 1.94 bits per heavy atom. The maximum Gasteiger partial charge on any atom is 0.351 e. The normalized spacial score (nSPS) is 24.1. The van der Waals surface area contributed by atoms with Crippen molar-refractivity contribution in [1.82, 2.24) is 9.55 Å². The lowest BCUT2D eigenvalue weighted by molar-refractivity contribution is -0.188. The van der Waals surface area contributed by atoms with Crippen molar-refractivity contribution < 1.29 is 22.7 Å². The van der Waals surface area contributed by atoms with Crippen LogP contribution in [0.15, 0.2) is 17.1 Å². The molecule has 1 saturated heterocycles. The van der Waals surface area contributed by atoms with E-state index in [-0.39, 0.29) is 17.5 Å². The van der Waals surface area contributed by atoms with Crippen molar-refractivity contribution in [2.45, 2.75) is 89.1 Å². The molecule has 11 heteroatoms. The third-order valence-corrected chi connectivity index (χ3v) is 11.3. The molecular weight excluding hydrogens is 456 g/mol. The summed E-state index contributed by atoms with van der Waals surface area (Å²) < 4.78 is 50.1. The molecule has 1 aliphatic rings. The second-order valence-electron chi connectivity index (χ2n) is 10.4. The highest BCUT2D eigenvalue weighted by atomic mass is 32.2. The first-order valence-electron chi connectivity index (χ1n) is 10.7. The third kappa shape index (κ3) is 6.10. The lowest BCUT2D eigenvalue weighted by Crippen LogP contribution is -2.49. The van der Waals surface area contributed by atoms with Crippen LogP contribution in [0.5, 0.6) is 0 Å². The van der Waals surface area contributed by atoms with E-state index in [1.165, 1.54) is 12.3 Å². The smallest absolute Gasteiger partial charge is 0.351 e. The molecule has 2 N–H and O–H groups in total. The second kappa shape index (κ2) is 9.69. The fourth-order valence-corrected chi connectivity index (χ4v) is 4.82. The van der Waals surface area contributed by atoms with Crippen LogP contribution in [0.2, 0.25) is 18.1 Å². The number of nitrogen functional groups attached to an aromatic ring is 1. The van der Waals surface area contributed by atoms with Gasteiger partial charge in [-0.25, -0.2) is 4.79 Å². The fourth-order valence-electron chi connectivity index (χ4n) is 3.11. The molecule has 0 amide bonds. The van der Waals surface area contributed by atoms with Crippen LogP contribution >= 0.6 is 11.8 Å². The number of aromatic nitrogens is 2. The van der Waals surface area contributed by atoms with Gasteiger partial charge in [-0.2, -0.15) is 25.5 Å². The van der Waals surface area contributed by atoms with Crippen molar-refractivity contribution in [1.29, 1.82) is 0 Å². The van der Waals surface area contributed by atoms with Crippen LogP contribution in [0, 0.1) is 0 Å². The topological polar surface area (TPSA) is 88.6 Å². The molecule has 0 aliphatic carbocycles.